The number of phenolic OH excluding ortho intramolecular Hbond substituents is 1. The topological polar surface area (TPSA) is 59.0 Å². The third kappa shape index (κ3) is 2.92. The van der Waals surface area contributed by atoms with Crippen LogP contribution in [-0.2, 0) is 9.31 Å². The zero-order valence-electron chi connectivity index (χ0n) is 13.4. The summed E-state index contributed by atoms with van der Waals surface area (Å²) < 4.78 is 11.9. The number of aromatic hydroxyl groups is 1. The molecule has 0 unspecified atom stereocenters. The molecule has 0 spiro atoms. The van der Waals surface area contributed by atoms with Crippen molar-refractivity contribution in [2.75, 3.05) is 14.1 Å². The largest absolute Gasteiger partial charge is 0.508 e. The van der Waals surface area contributed by atoms with Crippen LogP contribution in [0.3, 0.4) is 0 Å². The van der Waals surface area contributed by atoms with E-state index in [2.05, 4.69) is 0 Å². The quantitative estimate of drug-likeness (QED) is 0.837. The molecule has 1 heterocycles. The molecular weight excluding hydrogens is 269 g/mol. The van der Waals surface area contributed by atoms with E-state index in [4.69, 9.17) is 9.31 Å². The molecule has 1 aliphatic rings. The molecule has 21 heavy (non-hydrogen) atoms. The fourth-order valence-corrected chi connectivity index (χ4v) is 2.13. The zero-order valence-corrected chi connectivity index (χ0v) is 13.4. The summed E-state index contributed by atoms with van der Waals surface area (Å²) in [6.45, 7) is 7.84. The minimum atomic E-state index is -0.601. The van der Waals surface area contributed by atoms with E-state index in [-0.39, 0.29) is 11.7 Å². The van der Waals surface area contributed by atoms with Gasteiger partial charge in [-0.3, -0.25) is 4.79 Å². The van der Waals surface area contributed by atoms with E-state index in [1.54, 1.807) is 26.2 Å². The van der Waals surface area contributed by atoms with Crippen molar-refractivity contribution in [3.05, 3.63) is 23.8 Å². The van der Waals surface area contributed by atoms with Crippen LogP contribution in [0.2, 0.25) is 0 Å². The number of phenols is 1. The van der Waals surface area contributed by atoms with Crippen LogP contribution in [-0.4, -0.2) is 48.3 Å². The van der Waals surface area contributed by atoms with E-state index in [1.807, 2.05) is 27.7 Å². The van der Waals surface area contributed by atoms with Crippen molar-refractivity contribution in [1.29, 1.82) is 0 Å². The maximum Gasteiger partial charge on any atom is 0.494 e. The highest BCUT2D eigenvalue weighted by Crippen LogP contribution is 2.36. The Morgan fingerprint density at radius 2 is 1.62 bits per heavy atom. The first-order chi connectivity index (χ1) is 9.53. The predicted octanol–water partition coefficient (Wildman–Crippen LogP) is 1.39. The Labute approximate surface area is 126 Å². The van der Waals surface area contributed by atoms with Gasteiger partial charge in [0.1, 0.15) is 5.75 Å². The summed E-state index contributed by atoms with van der Waals surface area (Å²) in [6.07, 6.45) is 0. The monoisotopic (exact) mass is 291 g/mol. The van der Waals surface area contributed by atoms with Gasteiger partial charge in [-0.1, -0.05) is 0 Å². The van der Waals surface area contributed by atoms with Gasteiger partial charge in [-0.25, -0.2) is 0 Å². The third-order valence-corrected chi connectivity index (χ3v) is 4.12. The Balaban J connectivity index is 2.36. The van der Waals surface area contributed by atoms with Crippen LogP contribution < -0.4 is 5.46 Å². The lowest BCUT2D eigenvalue weighted by Crippen LogP contribution is -2.41. The SMILES string of the molecule is CN(C)C(=O)c1cc(O)cc(B2OC(C)(C)C(C)(C)O2)c1. The molecule has 0 bridgehead atoms. The molecular formula is C15H22BNO4. The highest BCUT2D eigenvalue weighted by atomic mass is 16.7. The van der Waals surface area contributed by atoms with Crippen molar-refractivity contribution in [3.8, 4) is 5.75 Å². The molecule has 1 saturated heterocycles. The van der Waals surface area contributed by atoms with Crippen LogP contribution in [0.5, 0.6) is 5.75 Å². The summed E-state index contributed by atoms with van der Waals surface area (Å²) in [5.41, 5.74) is 0.118. The summed E-state index contributed by atoms with van der Waals surface area (Å²) in [7, 11) is 2.73. The number of nitrogens with zero attached hydrogens (tertiary/aromatic N) is 1. The Morgan fingerprint density at radius 1 is 1.10 bits per heavy atom. The van der Waals surface area contributed by atoms with Crippen LogP contribution in [0.1, 0.15) is 38.1 Å². The number of benzene rings is 1. The first-order valence-electron chi connectivity index (χ1n) is 6.95. The number of hydrogen-bond donors (Lipinski definition) is 1. The standard InChI is InChI=1S/C15H22BNO4/c1-14(2)15(3,4)21-16(20-14)11-7-10(8-12(18)9-11)13(19)17(5)6/h7-9,18H,1-6H3. The third-order valence-electron chi connectivity index (χ3n) is 4.12. The number of amides is 1. The second kappa shape index (κ2) is 5.03. The highest BCUT2D eigenvalue weighted by molar-refractivity contribution is 6.62. The molecule has 0 radical (unpaired) electrons. The lowest BCUT2D eigenvalue weighted by Gasteiger charge is -2.32. The maximum absolute atomic E-state index is 12.1. The average molecular weight is 291 g/mol. The van der Waals surface area contributed by atoms with Crippen molar-refractivity contribution in [2.45, 2.75) is 38.9 Å². The first kappa shape index (κ1) is 15.9. The van der Waals surface area contributed by atoms with Crippen molar-refractivity contribution < 1.29 is 19.2 Å². The van der Waals surface area contributed by atoms with E-state index in [0.717, 1.165) is 0 Å². The number of hydrogen-bond acceptors (Lipinski definition) is 4. The molecule has 1 aromatic rings. The Bertz CT molecular complexity index is 553. The van der Waals surface area contributed by atoms with Crippen molar-refractivity contribution >= 4 is 18.5 Å². The summed E-state index contributed by atoms with van der Waals surface area (Å²) in [4.78, 5) is 13.5. The van der Waals surface area contributed by atoms with E-state index in [1.165, 1.54) is 11.0 Å². The second-order valence-corrected chi connectivity index (χ2v) is 6.60. The molecule has 0 saturated carbocycles. The van der Waals surface area contributed by atoms with Gasteiger partial charge in [-0.2, -0.15) is 0 Å². The molecule has 1 aromatic carbocycles. The number of carbonyl (C=O) groups is 1. The second-order valence-electron chi connectivity index (χ2n) is 6.60. The first-order valence-corrected chi connectivity index (χ1v) is 6.95. The van der Waals surface area contributed by atoms with Gasteiger partial charge < -0.3 is 19.3 Å². The molecule has 2 rings (SSSR count). The number of carbonyl (C=O) groups excluding carboxylic acids is 1. The van der Waals surface area contributed by atoms with Gasteiger partial charge >= 0.3 is 7.12 Å². The van der Waals surface area contributed by atoms with Crippen LogP contribution in [0.15, 0.2) is 18.2 Å². The Kier molecular flexibility index (Phi) is 3.80. The van der Waals surface area contributed by atoms with Gasteiger partial charge in [0.15, 0.2) is 0 Å². The molecule has 6 heteroatoms. The van der Waals surface area contributed by atoms with E-state index in [9.17, 15) is 9.90 Å². The lowest BCUT2D eigenvalue weighted by atomic mass is 9.78. The highest BCUT2D eigenvalue weighted by Gasteiger charge is 2.51. The van der Waals surface area contributed by atoms with Crippen molar-refractivity contribution in [2.24, 2.45) is 0 Å². The minimum absolute atomic E-state index is 0.0208. The Hall–Kier alpha value is -1.53. The van der Waals surface area contributed by atoms with Crippen molar-refractivity contribution in [3.63, 3.8) is 0 Å². The summed E-state index contributed by atoms with van der Waals surface area (Å²) in [6, 6.07) is 4.70. The maximum atomic E-state index is 12.1. The van der Waals surface area contributed by atoms with Crippen LogP contribution >= 0.6 is 0 Å². The van der Waals surface area contributed by atoms with Crippen LogP contribution in [0, 0.1) is 0 Å². The fraction of sp³-hybridized carbons (Fsp3) is 0.533. The summed E-state index contributed by atoms with van der Waals surface area (Å²) >= 11 is 0. The summed E-state index contributed by atoms with van der Waals surface area (Å²) in [5, 5.41) is 9.86. The van der Waals surface area contributed by atoms with E-state index in [0.29, 0.717) is 11.0 Å². The molecule has 1 aliphatic heterocycles. The van der Waals surface area contributed by atoms with E-state index < -0.39 is 18.3 Å². The molecule has 1 N–H and O–H groups in total. The molecule has 1 fully saturated rings. The van der Waals surface area contributed by atoms with Crippen molar-refractivity contribution in [1.82, 2.24) is 4.90 Å². The molecule has 1 amide bonds. The van der Waals surface area contributed by atoms with Gasteiger partial charge in [0.25, 0.3) is 5.91 Å². The Morgan fingerprint density at radius 3 is 2.10 bits per heavy atom. The predicted molar refractivity (Wildman–Crippen MR) is 81.8 cm³/mol. The number of rotatable bonds is 2. The molecule has 0 aliphatic carbocycles. The van der Waals surface area contributed by atoms with Gasteiger partial charge in [-0.15, -0.1) is 0 Å². The zero-order chi connectivity index (χ0) is 16.0. The fourth-order valence-electron chi connectivity index (χ4n) is 2.13. The molecule has 5 nitrogen and oxygen atoms in total. The average Bonchev–Trinajstić information content (AvgIpc) is 2.56. The van der Waals surface area contributed by atoms with Crippen LogP contribution in [0.4, 0.5) is 0 Å². The molecule has 0 aromatic heterocycles. The molecule has 0 atom stereocenters. The van der Waals surface area contributed by atoms with Gasteiger partial charge in [0, 0.05) is 19.7 Å². The van der Waals surface area contributed by atoms with Gasteiger partial charge in [-0.05, 0) is 51.4 Å². The summed E-state index contributed by atoms with van der Waals surface area (Å²) in [5.74, 6) is -0.156. The van der Waals surface area contributed by atoms with Gasteiger partial charge in [0.2, 0.25) is 0 Å². The smallest absolute Gasteiger partial charge is 0.494 e. The minimum Gasteiger partial charge on any atom is -0.508 e. The van der Waals surface area contributed by atoms with Gasteiger partial charge in [0.05, 0.1) is 11.2 Å². The van der Waals surface area contributed by atoms with E-state index >= 15 is 0 Å². The normalized spacial score (nSPS) is 19.6. The van der Waals surface area contributed by atoms with Crippen LogP contribution in [0.25, 0.3) is 0 Å². The lowest BCUT2D eigenvalue weighted by molar-refractivity contribution is 0.00578. The molecule has 114 valence electrons.